The first-order valence-corrected chi connectivity index (χ1v) is 5.58. The van der Waals surface area contributed by atoms with Gasteiger partial charge in [-0.2, -0.15) is 0 Å². The third-order valence-electron chi connectivity index (χ3n) is 2.99. The van der Waals surface area contributed by atoms with E-state index >= 15 is 0 Å². The Morgan fingerprint density at radius 2 is 1.88 bits per heavy atom. The topological polar surface area (TPSA) is 49.0 Å². The molecule has 0 amide bonds. The van der Waals surface area contributed by atoms with Crippen molar-refractivity contribution in [3.63, 3.8) is 0 Å². The van der Waals surface area contributed by atoms with E-state index in [1.54, 1.807) is 0 Å². The van der Waals surface area contributed by atoms with Gasteiger partial charge in [0.2, 0.25) is 0 Å². The monoisotopic (exact) mass is 251 g/mol. The van der Waals surface area contributed by atoms with Gasteiger partial charge in [0, 0.05) is 13.1 Å². The highest BCUT2D eigenvalue weighted by molar-refractivity contribution is 5.85. The number of nitrogens with zero attached hydrogens (tertiary/aromatic N) is 2. The smallest absolute Gasteiger partial charge is 0.291 e. The summed E-state index contributed by atoms with van der Waals surface area (Å²) in [4.78, 5) is 21.2. The minimum absolute atomic E-state index is 0. The van der Waals surface area contributed by atoms with E-state index in [9.17, 15) is 4.79 Å². The number of halogens is 1. The van der Waals surface area contributed by atoms with E-state index in [0.29, 0.717) is 5.82 Å². The summed E-state index contributed by atoms with van der Waals surface area (Å²) >= 11 is 0. The summed E-state index contributed by atoms with van der Waals surface area (Å²) in [6, 6.07) is 7.62. The average Bonchev–Trinajstić information content (AvgIpc) is 2.81. The Labute approximate surface area is 105 Å². The van der Waals surface area contributed by atoms with Gasteiger partial charge in [-0.1, -0.05) is 12.1 Å². The number of nitrogens with one attached hydrogen (secondary N) is 1. The zero-order valence-electron chi connectivity index (χ0n) is 9.35. The molecule has 2 heterocycles. The number of rotatable bonds is 1. The van der Waals surface area contributed by atoms with Crippen LogP contribution in [-0.2, 0) is 0 Å². The van der Waals surface area contributed by atoms with Crippen LogP contribution in [0.4, 0.5) is 5.82 Å². The molecule has 5 heteroatoms. The lowest BCUT2D eigenvalue weighted by molar-refractivity contribution is 0.924. The van der Waals surface area contributed by atoms with Gasteiger partial charge in [0.25, 0.3) is 5.56 Å². The number of para-hydroxylation sites is 2. The highest BCUT2D eigenvalue weighted by Crippen LogP contribution is 2.16. The lowest BCUT2D eigenvalue weighted by Gasteiger charge is -2.15. The van der Waals surface area contributed by atoms with Gasteiger partial charge < -0.3 is 9.88 Å². The van der Waals surface area contributed by atoms with Crippen LogP contribution in [0, 0.1) is 0 Å². The van der Waals surface area contributed by atoms with Crippen LogP contribution in [0.25, 0.3) is 11.0 Å². The van der Waals surface area contributed by atoms with Gasteiger partial charge >= 0.3 is 0 Å². The van der Waals surface area contributed by atoms with Crippen LogP contribution in [-0.4, -0.2) is 23.1 Å². The predicted octanol–water partition coefficient (Wildman–Crippen LogP) is 1.95. The molecule has 1 aliphatic rings. The maximum Gasteiger partial charge on any atom is 0.291 e. The highest BCUT2D eigenvalue weighted by Gasteiger charge is 2.17. The molecule has 0 spiro atoms. The van der Waals surface area contributed by atoms with Crippen molar-refractivity contribution < 1.29 is 0 Å². The summed E-state index contributed by atoms with van der Waals surface area (Å²) in [6.45, 7) is 1.88. The predicted molar refractivity (Wildman–Crippen MR) is 71.1 cm³/mol. The average molecular weight is 252 g/mol. The fourth-order valence-corrected chi connectivity index (χ4v) is 2.16. The quantitative estimate of drug-likeness (QED) is 0.843. The Morgan fingerprint density at radius 3 is 2.65 bits per heavy atom. The Balaban J connectivity index is 0.00000108. The van der Waals surface area contributed by atoms with Gasteiger partial charge in [-0.25, -0.2) is 4.98 Å². The number of aromatic amines is 1. The van der Waals surface area contributed by atoms with Crippen molar-refractivity contribution in [1.29, 1.82) is 0 Å². The molecule has 0 aliphatic carbocycles. The number of hydrogen-bond donors (Lipinski definition) is 1. The number of anilines is 1. The molecule has 1 aliphatic heterocycles. The number of benzene rings is 1. The van der Waals surface area contributed by atoms with Crippen LogP contribution >= 0.6 is 12.4 Å². The third kappa shape index (κ3) is 2.13. The number of hydrogen-bond acceptors (Lipinski definition) is 3. The zero-order chi connectivity index (χ0) is 11.0. The Hall–Kier alpha value is -1.55. The normalized spacial score (nSPS) is 14.9. The molecule has 1 aromatic carbocycles. The maximum absolute atomic E-state index is 11.9. The lowest BCUT2D eigenvalue weighted by Crippen LogP contribution is -2.27. The maximum atomic E-state index is 11.9. The van der Waals surface area contributed by atoms with Crippen molar-refractivity contribution in [2.75, 3.05) is 18.0 Å². The molecular formula is C12H14ClN3O. The second kappa shape index (κ2) is 4.75. The van der Waals surface area contributed by atoms with Gasteiger partial charge in [0.05, 0.1) is 11.0 Å². The first-order chi connectivity index (χ1) is 7.84. The standard InChI is InChI=1S/C12H13N3O.ClH/c16-12-11(15-7-3-4-8-15)13-9-5-1-2-6-10(9)14-12;/h1-2,5-6H,3-4,7-8H2,(H,14,16);1H. The van der Waals surface area contributed by atoms with E-state index in [-0.39, 0.29) is 18.0 Å². The van der Waals surface area contributed by atoms with Crippen LogP contribution in [0.15, 0.2) is 29.1 Å². The molecule has 17 heavy (non-hydrogen) atoms. The fourth-order valence-electron chi connectivity index (χ4n) is 2.16. The molecule has 1 N–H and O–H groups in total. The Bertz CT molecular complexity index is 575. The molecule has 0 saturated carbocycles. The molecule has 0 atom stereocenters. The van der Waals surface area contributed by atoms with E-state index in [4.69, 9.17) is 0 Å². The summed E-state index contributed by atoms with van der Waals surface area (Å²) in [5.41, 5.74) is 1.57. The van der Waals surface area contributed by atoms with E-state index in [1.807, 2.05) is 24.3 Å². The van der Waals surface area contributed by atoms with E-state index in [2.05, 4.69) is 14.9 Å². The van der Waals surface area contributed by atoms with Crippen LogP contribution in [0.3, 0.4) is 0 Å². The molecule has 1 fully saturated rings. The lowest BCUT2D eigenvalue weighted by atomic mass is 10.3. The second-order valence-corrected chi connectivity index (χ2v) is 4.10. The van der Waals surface area contributed by atoms with Crippen molar-refractivity contribution in [1.82, 2.24) is 9.97 Å². The molecule has 4 nitrogen and oxygen atoms in total. The molecule has 0 unspecified atom stereocenters. The van der Waals surface area contributed by atoms with Crippen molar-refractivity contribution >= 4 is 29.3 Å². The van der Waals surface area contributed by atoms with E-state index < -0.39 is 0 Å². The molecule has 90 valence electrons. The van der Waals surface area contributed by atoms with Crippen LogP contribution in [0.5, 0.6) is 0 Å². The van der Waals surface area contributed by atoms with Gasteiger partial charge in [0.1, 0.15) is 0 Å². The largest absolute Gasteiger partial charge is 0.352 e. The van der Waals surface area contributed by atoms with Crippen LogP contribution in [0.1, 0.15) is 12.8 Å². The molecule has 2 aromatic rings. The first-order valence-electron chi connectivity index (χ1n) is 5.58. The van der Waals surface area contributed by atoms with E-state index in [1.165, 1.54) is 0 Å². The van der Waals surface area contributed by atoms with Crippen LogP contribution in [0.2, 0.25) is 0 Å². The van der Waals surface area contributed by atoms with Crippen molar-refractivity contribution in [3.05, 3.63) is 34.6 Å². The molecule has 1 aromatic heterocycles. The first kappa shape index (κ1) is 11.9. The van der Waals surface area contributed by atoms with Crippen molar-refractivity contribution in [2.45, 2.75) is 12.8 Å². The number of H-pyrrole nitrogens is 1. The molecule has 0 bridgehead atoms. The van der Waals surface area contributed by atoms with Gasteiger partial charge in [-0.05, 0) is 25.0 Å². The Kier molecular flexibility index (Phi) is 3.33. The SMILES string of the molecule is Cl.O=c1[nH]c2ccccc2nc1N1CCCC1. The summed E-state index contributed by atoms with van der Waals surface area (Å²) in [6.07, 6.45) is 2.29. The summed E-state index contributed by atoms with van der Waals surface area (Å²) in [5, 5.41) is 0. The van der Waals surface area contributed by atoms with Crippen molar-refractivity contribution in [3.8, 4) is 0 Å². The minimum Gasteiger partial charge on any atom is -0.352 e. The molecular weight excluding hydrogens is 238 g/mol. The van der Waals surface area contributed by atoms with Gasteiger partial charge in [-0.15, -0.1) is 12.4 Å². The summed E-state index contributed by atoms with van der Waals surface area (Å²) in [5.74, 6) is 0.566. The summed E-state index contributed by atoms with van der Waals surface area (Å²) in [7, 11) is 0. The molecule has 3 rings (SSSR count). The Morgan fingerprint density at radius 1 is 1.18 bits per heavy atom. The van der Waals surface area contributed by atoms with Gasteiger partial charge in [-0.3, -0.25) is 4.79 Å². The second-order valence-electron chi connectivity index (χ2n) is 4.10. The third-order valence-corrected chi connectivity index (χ3v) is 2.99. The highest BCUT2D eigenvalue weighted by atomic mass is 35.5. The summed E-state index contributed by atoms with van der Waals surface area (Å²) < 4.78 is 0. The van der Waals surface area contributed by atoms with Crippen molar-refractivity contribution in [2.24, 2.45) is 0 Å². The molecule has 1 saturated heterocycles. The number of aromatic nitrogens is 2. The molecule has 0 radical (unpaired) electrons. The minimum atomic E-state index is -0.0828. The van der Waals surface area contributed by atoms with Gasteiger partial charge in [0.15, 0.2) is 5.82 Å². The van der Waals surface area contributed by atoms with E-state index in [0.717, 1.165) is 37.0 Å². The number of fused-ring (bicyclic) bond motifs is 1. The fraction of sp³-hybridized carbons (Fsp3) is 0.333. The zero-order valence-corrected chi connectivity index (χ0v) is 10.2. The van der Waals surface area contributed by atoms with Crippen LogP contribution < -0.4 is 10.5 Å².